The van der Waals surface area contributed by atoms with Crippen molar-refractivity contribution < 1.29 is 29.1 Å². The van der Waals surface area contributed by atoms with Crippen LogP contribution < -0.4 is 16.0 Å². The van der Waals surface area contributed by atoms with Gasteiger partial charge in [-0.25, -0.2) is 0 Å². The number of aliphatic hydroxyl groups excluding tert-OH is 1. The summed E-state index contributed by atoms with van der Waals surface area (Å²) in [6.07, 6.45) is 8.64. The molecule has 3 aliphatic rings. The van der Waals surface area contributed by atoms with Crippen LogP contribution in [0.25, 0.3) is 0 Å². The maximum Gasteiger partial charge on any atom is 0.245 e. The Kier molecular flexibility index (Phi) is 10.7. The van der Waals surface area contributed by atoms with E-state index in [1.165, 1.54) is 13.3 Å². The molecule has 2 aliphatic heterocycles. The Morgan fingerprint density at radius 2 is 1.66 bits per heavy atom. The summed E-state index contributed by atoms with van der Waals surface area (Å²) in [5.41, 5.74) is -1.28. The maximum absolute atomic E-state index is 13.7. The second-order valence-corrected chi connectivity index (χ2v) is 11.9. The molecule has 3 fully saturated rings. The zero-order chi connectivity index (χ0) is 27.9. The number of hydrogen-bond donors (Lipinski definition) is 4. The monoisotopic (exact) mass is 534 g/mol. The number of hydrogen-bond acceptors (Lipinski definition) is 6. The summed E-state index contributed by atoms with van der Waals surface area (Å²) in [5, 5.41) is 17.9. The summed E-state index contributed by atoms with van der Waals surface area (Å²) in [4.78, 5) is 66.9. The summed E-state index contributed by atoms with van der Waals surface area (Å²) < 4.78 is 0. The number of nitrogens with one attached hydrogen (secondary N) is 3. The molecule has 2 heterocycles. The van der Waals surface area contributed by atoms with Crippen LogP contribution in [0.5, 0.6) is 0 Å². The number of ketones is 1. The van der Waals surface area contributed by atoms with E-state index in [1.807, 2.05) is 0 Å². The van der Waals surface area contributed by atoms with E-state index >= 15 is 0 Å². The molecule has 10 heteroatoms. The first-order valence-corrected chi connectivity index (χ1v) is 14.4. The second-order valence-electron chi connectivity index (χ2n) is 11.9. The Hall–Kier alpha value is -2.49. The zero-order valence-electron chi connectivity index (χ0n) is 23.2. The van der Waals surface area contributed by atoms with Gasteiger partial charge in [0.15, 0.2) is 5.78 Å². The van der Waals surface area contributed by atoms with Crippen LogP contribution in [0.2, 0.25) is 0 Å². The summed E-state index contributed by atoms with van der Waals surface area (Å²) in [5.74, 6) is -1.30. The Morgan fingerprint density at radius 1 is 0.947 bits per heavy atom. The van der Waals surface area contributed by atoms with Gasteiger partial charge in [0.05, 0.1) is 0 Å². The van der Waals surface area contributed by atoms with Gasteiger partial charge in [0.25, 0.3) is 0 Å². The van der Waals surface area contributed by atoms with Crippen molar-refractivity contribution in [2.75, 3.05) is 6.54 Å². The molecule has 38 heavy (non-hydrogen) atoms. The van der Waals surface area contributed by atoms with Crippen molar-refractivity contribution in [3.63, 3.8) is 0 Å². The van der Waals surface area contributed by atoms with Crippen molar-refractivity contribution in [1.82, 2.24) is 20.9 Å². The molecule has 0 aromatic rings. The fraction of sp³-hybridized carbons (Fsp3) is 0.821. The average molecular weight is 535 g/mol. The van der Waals surface area contributed by atoms with Gasteiger partial charge in [-0.15, -0.1) is 0 Å². The molecule has 10 nitrogen and oxygen atoms in total. The summed E-state index contributed by atoms with van der Waals surface area (Å²) in [6, 6.07) is -2.26. The van der Waals surface area contributed by atoms with Crippen LogP contribution in [0.1, 0.15) is 104 Å². The predicted molar refractivity (Wildman–Crippen MR) is 142 cm³/mol. The predicted octanol–water partition coefficient (Wildman–Crippen LogP) is 1.73. The highest BCUT2D eigenvalue weighted by Crippen LogP contribution is 2.29. The lowest BCUT2D eigenvalue weighted by Crippen LogP contribution is -2.64. The number of Topliss-reactive ketones (excluding diaryl/α,β-unsaturated/α-hetero) is 1. The molecule has 0 aromatic carbocycles. The molecule has 0 aromatic heterocycles. The molecular weight excluding hydrogens is 488 g/mol. The molecule has 0 radical (unpaired) electrons. The molecule has 4 amide bonds. The van der Waals surface area contributed by atoms with Crippen molar-refractivity contribution >= 4 is 29.4 Å². The van der Waals surface area contributed by atoms with E-state index < -0.39 is 41.6 Å². The van der Waals surface area contributed by atoms with E-state index in [9.17, 15) is 29.1 Å². The van der Waals surface area contributed by atoms with E-state index in [0.29, 0.717) is 57.4 Å². The highest BCUT2D eigenvalue weighted by molar-refractivity contribution is 5.99. The third-order valence-corrected chi connectivity index (χ3v) is 8.25. The van der Waals surface area contributed by atoms with Crippen LogP contribution in [-0.4, -0.2) is 75.7 Å². The summed E-state index contributed by atoms with van der Waals surface area (Å²) >= 11 is 0. The zero-order valence-corrected chi connectivity index (χ0v) is 23.2. The molecule has 4 atom stereocenters. The molecular formula is C28H46N4O6. The molecule has 0 bridgehead atoms. The molecule has 2 saturated heterocycles. The third-order valence-electron chi connectivity index (χ3n) is 8.25. The lowest BCUT2D eigenvalue weighted by atomic mass is 9.84. The number of carbonyl (C=O) groups excluding carboxylic acids is 5. The van der Waals surface area contributed by atoms with Crippen LogP contribution in [0.3, 0.4) is 0 Å². The third kappa shape index (κ3) is 8.01. The van der Waals surface area contributed by atoms with Gasteiger partial charge in [0, 0.05) is 13.0 Å². The van der Waals surface area contributed by atoms with Gasteiger partial charge >= 0.3 is 0 Å². The smallest absolute Gasteiger partial charge is 0.245 e. The molecule has 214 valence electrons. The Labute approximate surface area is 226 Å². The minimum absolute atomic E-state index is 0.219. The number of carbonyl (C=O) groups is 5. The normalized spacial score (nSPS) is 27.9. The van der Waals surface area contributed by atoms with Gasteiger partial charge in [-0.2, -0.15) is 0 Å². The van der Waals surface area contributed by atoms with Crippen LogP contribution in [0.4, 0.5) is 0 Å². The van der Waals surface area contributed by atoms with Gasteiger partial charge in [0.1, 0.15) is 29.8 Å². The largest absolute Gasteiger partial charge is 0.386 e. The number of amides is 4. The van der Waals surface area contributed by atoms with Crippen molar-refractivity contribution in [3.05, 3.63) is 0 Å². The van der Waals surface area contributed by atoms with Crippen molar-refractivity contribution in [2.45, 2.75) is 134 Å². The lowest BCUT2D eigenvalue weighted by Gasteiger charge is -2.36. The van der Waals surface area contributed by atoms with E-state index in [-0.39, 0.29) is 24.0 Å². The minimum atomic E-state index is -1.28. The molecule has 1 saturated carbocycles. The number of aliphatic hydroxyl groups is 1. The number of rotatable bonds is 9. The van der Waals surface area contributed by atoms with Crippen molar-refractivity contribution in [2.24, 2.45) is 5.92 Å². The Morgan fingerprint density at radius 3 is 2.34 bits per heavy atom. The number of unbranched alkanes of at least 4 members (excludes halogenated alkanes) is 2. The van der Waals surface area contributed by atoms with Gasteiger partial charge in [-0.1, -0.05) is 44.9 Å². The van der Waals surface area contributed by atoms with Crippen LogP contribution in [-0.2, 0) is 24.0 Å². The Balaban J connectivity index is 1.74. The van der Waals surface area contributed by atoms with E-state index in [0.717, 1.165) is 25.7 Å². The van der Waals surface area contributed by atoms with Gasteiger partial charge in [-0.05, 0) is 58.8 Å². The van der Waals surface area contributed by atoms with Gasteiger partial charge < -0.3 is 26.0 Å². The number of fused-ring (bicyclic) bond motifs is 1. The quantitative estimate of drug-likeness (QED) is 0.332. The maximum atomic E-state index is 13.7. The molecule has 0 spiro atoms. The summed E-state index contributed by atoms with van der Waals surface area (Å²) in [6.45, 7) is 5.10. The minimum Gasteiger partial charge on any atom is -0.386 e. The number of nitrogens with zero attached hydrogens (tertiary/aromatic N) is 1. The van der Waals surface area contributed by atoms with Crippen LogP contribution in [0.15, 0.2) is 0 Å². The van der Waals surface area contributed by atoms with E-state index in [1.54, 1.807) is 18.7 Å². The highest BCUT2D eigenvalue weighted by atomic mass is 16.3. The SMILES string of the molecule is C[C@@H](O)C(=O)CCCCC[C@@H]1NC(=O)[C@H]2CCCN2C(=O)[C@H](CC2CCCCC2)NC(=O)C(C)(C)NC1=O. The highest BCUT2D eigenvalue weighted by Gasteiger charge is 2.42. The van der Waals surface area contributed by atoms with E-state index in [4.69, 9.17) is 0 Å². The average Bonchev–Trinajstić information content (AvgIpc) is 3.36. The van der Waals surface area contributed by atoms with Crippen LogP contribution >= 0.6 is 0 Å². The molecule has 1 aliphatic carbocycles. The second kappa shape index (κ2) is 13.5. The molecule has 0 unspecified atom stereocenters. The summed E-state index contributed by atoms with van der Waals surface area (Å²) in [7, 11) is 0. The lowest BCUT2D eigenvalue weighted by molar-refractivity contribution is -0.145. The topological polar surface area (TPSA) is 145 Å². The first-order chi connectivity index (χ1) is 18.0. The fourth-order valence-corrected chi connectivity index (χ4v) is 5.84. The fourth-order valence-electron chi connectivity index (χ4n) is 5.84. The first kappa shape index (κ1) is 30.1. The van der Waals surface area contributed by atoms with Crippen molar-refractivity contribution in [1.29, 1.82) is 0 Å². The van der Waals surface area contributed by atoms with Crippen molar-refractivity contribution in [3.8, 4) is 0 Å². The van der Waals surface area contributed by atoms with Gasteiger partial charge in [0.2, 0.25) is 23.6 Å². The molecule has 3 rings (SSSR count). The van der Waals surface area contributed by atoms with Crippen LogP contribution in [0, 0.1) is 5.92 Å². The van der Waals surface area contributed by atoms with E-state index in [2.05, 4.69) is 16.0 Å². The Bertz CT molecular complexity index is 883. The first-order valence-electron chi connectivity index (χ1n) is 14.4. The molecule has 4 N–H and O–H groups in total. The standard InChI is InChI=1S/C28H46N4O6/c1-18(33)23(34)15-9-5-8-13-20-24(35)31-28(2,3)27(38)30-21(17-19-11-6-4-7-12-19)26(37)32-16-10-14-22(32)25(36)29-20/h18-22,33H,4-17H2,1-3H3,(H,29,36)(H,30,38)(H,31,35)/t18-,20+,21+,22-/m1/s1. The van der Waals surface area contributed by atoms with Gasteiger partial charge in [-0.3, -0.25) is 24.0 Å².